The van der Waals surface area contributed by atoms with E-state index in [1.165, 1.54) is 6.08 Å². The van der Waals surface area contributed by atoms with E-state index in [1.54, 1.807) is 19.9 Å². The summed E-state index contributed by atoms with van der Waals surface area (Å²) in [4.78, 5) is 10.6. The Balaban J connectivity index is 2.50. The number of allylic oxidation sites excluding steroid dienone is 3. The van der Waals surface area contributed by atoms with Crippen LogP contribution in [0, 0.1) is 0 Å². The number of carboxylic acids is 1. The van der Waals surface area contributed by atoms with Crippen LogP contribution < -0.4 is 0 Å². The number of rotatable bonds is 5. The third kappa shape index (κ3) is 5.02. The molecule has 0 bridgehead atoms. The van der Waals surface area contributed by atoms with Crippen molar-refractivity contribution in [2.75, 3.05) is 0 Å². The predicted octanol–water partition coefficient (Wildman–Crippen LogP) is 3.14. The SMILES string of the molecule is CC(=CC=C(C)C(=O)O)OCc1ccccc1. The average Bonchev–Trinajstić information content (AvgIpc) is 2.34. The lowest BCUT2D eigenvalue weighted by atomic mass is 10.2. The van der Waals surface area contributed by atoms with Crippen LogP contribution in [0.15, 0.2) is 53.8 Å². The van der Waals surface area contributed by atoms with Crippen molar-refractivity contribution in [3.63, 3.8) is 0 Å². The van der Waals surface area contributed by atoms with Crippen LogP contribution in [0.3, 0.4) is 0 Å². The van der Waals surface area contributed by atoms with E-state index < -0.39 is 5.97 Å². The smallest absolute Gasteiger partial charge is 0.331 e. The van der Waals surface area contributed by atoms with Gasteiger partial charge in [0, 0.05) is 5.57 Å². The van der Waals surface area contributed by atoms with Crippen molar-refractivity contribution < 1.29 is 14.6 Å². The molecule has 0 aromatic heterocycles. The van der Waals surface area contributed by atoms with Gasteiger partial charge >= 0.3 is 5.97 Å². The Bertz CT molecular complexity index is 430. The molecule has 1 aromatic carbocycles. The number of aliphatic carboxylic acids is 1. The molecule has 0 heterocycles. The van der Waals surface area contributed by atoms with Gasteiger partial charge in [-0.25, -0.2) is 4.79 Å². The first-order chi connectivity index (χ1) is 8.09. The Labute approximate surface area is 101 Å². The third-order valence-corrected chi connectivity index (χ3v) is 2.21. The summed E-state index contributed by atoms with van der Waals surface area (Å²) in [5.74, 6) is -0.230. The number of hydrogen-bond acceptors (Lipinski definition) is 2. The van der Waals surface area contributed by atoms with Crippen LogP contribution in [-0.2, 0) is 16.1 Å². The lowest BCUT2D eigenvalue weighted by Crippen LogP contribution is -1.95. The molecule has 90 valence electrons. The van der Waals surface area contributed by atoms with Crippen molar-refractivity contribution >= 4 is 5.97 Å². The molecular weight excluding hydrogens is 216 g/mol. The second-order valence-corrected chi connectivity index (χ2v) is 3.71. The van der Waals surface area contributed by atoms with Crippen LogP contribution in [-0.4, -0.2) is 11.1 Å². The lowest BCUT2D eigenvalue weighted by molar-refractivity contribution is -0.132. The van der Waals surface area contributed by atoms with Crippen molar-refractivity contribution in [3.8, 4) is 0 Å². The Kier molecular flexibility index (Phi) is 5.01. The topological polar surface area (TPSA) is 46.5 Å². The molecule has 3 nitrogen and oxygen atoms in total. The maximum absolute atomic E-state index is 10.6. The van der Waals surface area contributed by atoms with Crippen LogP contribution in [0.4, 0.5) is 0 Å². The molecule has 0 radical (unpaired) electrons. The largest absolute Gasteiger partial charge is 0.494 e. The Morgan fingerprint density at radius 3 is 2.47 bits per heavy atom. The fourth-order valence-corrected chi connectivity index (χ4v) is 1.13. The molecule has 0 aliphatic heterocycles. The highest BCUT2D eigenvalue weighted by atomic mass is 16.5. The van der Waals surface area contributed by atoms with Crippen molar-refractivity contribution in [2.45, 2.75) is 20.5 Å². The fraction of sp³-hybridized carbons (Fsp3) is 0.214. The van der Waals surface area contributed by atoms with Gasteiger partial charge in [0.15, 0.2) is 0 Å². The Morgan fingerprint density at radius 2 is 1.88 bits per heavy atom. The number of ether oxygens (including phenoxy) is 1. The average molecular weight is 232 g/mol. The second kappa shape index (κ2) is 6.53. The van der Waals surface area contributed by atoms with Gasteiger partial charge in [-0.3, -0.25) is 0 Å². The first kappa shape index (κ1) is 13.0. The first-order valence-electron chi connectivity index (χ1n) is 5.35. The third-order valence-electron chi connectivity index (χ3n) is 2.21. The van der Waals surface area contributed by atoms with E-state index in [1.807, 2.05) is 30.3 Å². The molecule has 0 aliphatic rings. The van der Waals surface area contributed by atoms with Crippen LogP contribution >= 0.6 is 0 Å². The monoisotopic (exact) mass is 232 g/mol. The molecule has 0 unspecified atom stereocenters. The van der Waals surface area contributed by atoms with Crippen molar-refractivity contribution in [2.24, 2.45) is 0 Å². The van der Waals surface area contributed by atoms with Gasteiger partial charge in [-0.1, -0.05) is 30.3 Å². The summed E-state index contributed by atoms with van der Waals surface area (Å²) < 4.78 is 5.48. The summed E-state index contributed by atoms with van der Waals surface area (Å²) >= 11 is 0. The molecule has 0 atom stereocenters. The van der Waals surface area contributed by atoms with Gasteiger partial charge in [0.1, 0.15) is 6.61 Å². The van der Waals surface area contributed by atoms with E-state index >= 15 is 0 Å². The Hall–Kier alpha value is -2.03. The maximum Gasteiger partial charge on any atom is 0.331 e. The second-order valence-electron chi connectivity index (χ2n) is 3.71. The molecule has 0 fully saturated rings. The minimum absolute atomic E-state index is 0.285. The molecule has 1 N–H and O–H groups in total. The Morgan fingerprint density at radius 1 is 1.24 bits per heavy atom. The highest BCUT2D eigenvalue weighted by Crippen LogP contribution is 2.06. The molecular formula is C14H16O3. The van der Waals surface area contributed by atoms with Crippen LogP contribution in [0.2, 0.25) is 0 Å². The van der Waals surface area contributed by atoms with E-state index in [-0.39, 0.29) is 5.57 Å². The van der Waals surface area contributed by atoms with E-state index in [0.29, 0.717) is 12.4 Å². The zero-order valence-electron chi connectivity index (χ0n) is 10.0. The molecule has 0 saturated carbocycles. The van der Waals surface area contributed by atoms with Crippen LogP contribution in [0.5, 0.6) is 0 Å². The van der Waals surface area contributed by atoms with Gasteiger partial charge in [0.25, 0.3) is 0 Å². The molecule has 0 saturated heterocycles. The van der Waals surface area contributed by atoms with Gasteiger partial charge in [-0.15, -0.1) is 0 Å². The maximum atomic E-state index is 10.6. The van der Waals surface area contributed by atoms with Gasteiger partial charge < -0.3 is 9.84 Å². The first-order valence-corrected chi connectivity index (χ1v) is 5.35. The summed E-state index contributed by atoms with van der Waals surface area (Å²) in [6.07, 6.45) is 3.19. The summed E-state index contributed by atoms with van der Waals surface area (Å²) in [5, 5.41) is 8.66. The minimum Gasteiger partial charge on any atom is -0.494 e. The number of benzene rings is 1. The molecule has 1 rings (SSSR count). The molecule has 1 aromatic rings. The molecule has 0 aliphatic carbocycles. The summed E-state index contributed by atoms with van der Waals surface area (Å²) in [7, 11) is 0. The minimum atomic E-state index is -0.919. The van der Waals surface area contributed by atoms with Crippen molar-refractivity contribution in [1.29, 1.82) is 0 Å². The highest BCUT2D eigenvalue weighted by molar-refractivity contribution is 5.86. The van der Waals surface area contributed by atoms with Crippen molar-refractivity contribution in [3.05, 3.63) is 59.4 Å². The van der Waals surface area contributed by atoms with E-state index in [0.717, 1.165) is 5.56 Å². The van der Waals surface area contributed by atoms with E-state index in [9.17, 15) is 4.79 Å². The zero-order chi connectivity index (χ0) is 12.7. The zero-order valence-corrected chi connectivity index (χ0v) is 10.0. The standard InChI is InChI=1S/C14H16O3/c1-11(14(15)16)8-9-12(2)17-10-13-6-4-3-5-7-13/h3-9H,10H2,1-2H3,(H,15,16). The molecule has 0 spiro atoms. The van der Waals surface area contributed by atoms with Crippen LogP contribution in [0.25, 0.3) is 0 Å². The van der Waals surface area contributed by atoms with E-state index in [4.69, 9.17) is 9.84 Å². The normalized spacial score (nSPS) is 12.4. The summed E-state index contributed by atoms with van der Waals surface area (Å²) in [6, 6.07) is 9.81. The lowest BCUT2D eigenvalue weighted by Gasteiger charge is -2.05. The van der Waals surface area contributed by atoms with Gasteiger partial charge in [0.2, 0.25) is 0 Å². The van der Waals surface area contributed by atoms with Gasteiger partial charge in [0.05, 0.1) is 5.76 Å². The predicted molar refractivity (Wildman–Crippen MR) is 66.4 cm³/mol. The number of hydrogen-bond donors (Lipinski definition) is 1. The summed E-state index contributed by atoms with van der Waals surface area (Å²) in [6.45, 7) is 3.83. The number of carbonyl (C=O) groups is 1. The van der Waals surface area contributed by atoms with Crippen molar-refractivity contribution in [1.82, 2.24) is 0 Å². The fourth-order valence-electron chi connectivity index (χ4n) is 1.13. The summed E-state index contributed by atoms with van der Waals surface area (Å²) in [5.41, 5.74) is 1.37. The molecule has 3 heteroatoms. The molecule has 0 amide bonds. The number of carboxylic acid groups (broad SMARTS) is 1. The quantitative estimate of drug-likeness (QED) is 0.482. The van der Waals surface area contributed by atoms with E-state index in [2.05, 4.69) is 0 Å². The van der Waals surface area contributed by atoms with Gasteiger partial charge in [-0.05, 0) is 31.6 Å². The molecule has 17 heavy (non-hydrogen) atoms. The van der Waals surface area contributed by atoms with Gasteiger partial charge in [-0.2, -0.15) is 0 Å². The highest BCUT2D eigenvalue weighted by Gasteiger charge is 1.97. The van der Waals surface area contributed by atoms with Crippen LogP contribution in [0.1, 0.15) is 19.4 Å².